The minimum Gasteiger partial charge on any atom is -0.354 e. The highest BCUT2D eigenvalue weighted by Gasteiger charge is 2.30. The van der Waals surface area contributed by atoms with E-state index in [2.05, 4.69) is 41.7 Å². The monoisotopic (exact) mass is 268 g/mol. The molecule has 2 aliphatic heterocycles. The van der Waals surface area contributed by atoms with Crippen molar-refractivity contribution >= 4 is 5.91 Å². The third-order valence-electron chi connectivity index (χ3n) is 4.54. The second-order valence-electron chi connectivity index (χ2n) is 6.60. The number of hydrogen-bond donors (Lipinski definition) is 3. The van der Waals surface area contributed by atoms with Crippen molar-refractivity contribution in [2.45, 2.75) is 38.8 Å². The quantitative estimate of drug-likeness (QED) is 0.663. The molecule has 3 N–H and O–H groups in total. The summed E-state index contributed by atoms with van der Waals surface area (Å²) >= 11 is 0. The maximum absolute atomic E-state index is 12.1. The number of piperidine rings is 1. The summed E-state index contributed by atoms with van der Waals surface area (Å²) in [5.41, 5.74) is 0.261. The van der Waals surface area contributed by atoms with E-state index in [0.29, 0.717) is 6.04 Å². The van der Waals surface area contributed by atoms with Crippen molar-refractivity contribution in [1.29, 1.82) is 0 Å². The molecule has 0 bridgehead atoms. The van der Waals surface area contributed by atoms with Gasteiger partial charge in [-0.15, -0.1) is 0 Å². The maximum atomic E-state index is 12.1. The van der Waals surface area contributed by atoms with Crippen LogP contribution in [0.15, 0.2) is 0 Å². The minimum atomic E-state index is -0.0777. The fraction of sp³-hybridized carbons (Fsp3) is 0.929. The van der Waals surface area contributed by atoms with Gasteiger partial charge in [-0.25, -0.2) is 0 Å². The Balaban J connectivity index is 1.74. The predicted molar refractivity (Wildman–Crippen MR) is 77.1 cm³/mol. The smallest absolute Gasteiger partial charge is 0.238 e. The van der Waals surface area contributed by atoms with Gasteiger partial charge >= 0.3 is 0 Å². The second kappa shape index (κ2) is 6.20. The Morgan fingerprint density at radius 1 is 1.32 bits per heavy atom. The van der Waals surface area contributed by atoms with Gasteiger partial charge in [0.2, 0.25) is 5.91 Å². The number of likely N-dealkylation sites (tertiary alicyclic amines) is 1. The summed E-state index contributed by atoms with van der Waals surface area (Å²) in [7, 11) is 2.16. The van der Waals surface area contributed by atoms with Crippen molar-refractivity contribution in [3.8, 4) is 0 Å². The molecule has 0 aliphatic carbocycles. The molecule has 2 unspecified atom stereocenters. The fourth-order valence-electron chi connectivity index (χ4n) is 2.73. The lowest BCUT2D eigenvalue weighted by Gasteiger charge is -2.38. The van der Waals surface area contributed by atoms with Gasteiger partial charge < -0.3 is 20.9 Å². The van der Waals surface area contributed by atoms with Crippen molar-refractivity contribution in [2.75, 3.05) is 39.8 Å². The number of nitrogens with one attached hydrogen (secondary N) is 3. The van der Waals surface area contributed by atoms with E-state index < -0.39 is 0 Å². The standard InChI is InChI=1S/C14H28N4O/c1-11-8-16-12(9-15-11)13(19)17-10-14(2)4-6-18(3)7-5-14/h11-12,15-16H,4-10H2,1-3H3,(H,17,19). The molecule has 2 heterocycles. The molecular formula is C14H28N4O. The van der Waals surface area contributed by atoms with Crippen LogP contribution in [0.3, 0.4) is 0 Å². The van der Waals surface area contributed by atoms with E-state index in [4.69, 9.17) is 0 Å². The number of piperazine rings is 1. The maximum Gasteiger partial charge on any atom is 0.238 e. The number of nitrogens with zero attached hydrogens (tertiary/aromatic N) is 1. The van der Waals surface area contributed by atoms with Gasteiger partial charge in [0.15, 0.2) is 0 Å². The Morgan fingerprint density at radius 2 is 2.00 bits per heavy atom. The molecule has 2 aliphatic rings. The zero-order chi connectivity index (χ0) is 13.9. The number of amides is 1. The first-order chi connectivity index (χ1) is 8.98. The second-order valence-corrected chi connectivity index (χ2v) is 6.60. The minimum absolute atomic E-state index is 0.0777. The fourth-order valence-corrected chi connectivity index (χ4v) is 2.73. The lowest BCUT2D eigenvalue weighted by molar-refractivity contribution is -0.124. The molecule has 0 aromatic carbocycles. The van der Waals surface area contributed by atoms with Crippen LogP contribution in [-0.4, -0.2) is 62.7 Å². The van der Waals surface area contributed by atoms with Crippen molar-refractivity contribution in [1.82, 2.24) is 20.9 Å². The summed E-state index contributed by atoms with van der Waals surface area (Å²) in [5.74, 6) is 0.138. The summed E-state index contributed by atoms with van der Waals surface area (Å²) < 4.78 is 0. The highest BCUT2D eigenvalue weighted by atomic mass is 16.2. The molecule has 2 atom stereocenters. The van der Waals surface area contributed by atoms with Gasteiger partial charge in [-0.1, -0.05) is 6.92 Å². The molecule has 0 aromatic rings. The van der Waals surface area contributed by atoms with Crippen LogP contribution in [0, 0.1) is 5.41 Å². The van der Waals surface area contributed by atoms with Gasteiger partial charge in [0.1, 0.15) is 0 Å². The highest BCUT2D eigenvalue weighted by molar-refractivity contribution is 5.82. The van der Waals surface area contributed by atoms with E-state index in [9.17, 15) is 4.79 Å². The van der Waals surface area contributed by atoms with Crippen LogP contribution in [-0.2, 0) is 4.79 Å². The topological polar surface area (TPSA) is 56.4 Å². The molecule has 0 spiro atoms. The Hall–Kier alpha value is -0.650. The summed E-state index contributed by atoms with van der Waals surface area (Å²) in [4.78, 5) is 14.5. The zero-order valence-corrected chi connectivity index (χ0v) is 12.5. The highest BCUT2D eigenvalue weighted by Crippen LogP contribution is 2.29. The Kier molecular flexibility index (Phi) is 4.81. The van der Waals surface area contributed by atoms with Crippen molar-refractivity contribution < 1.29 is 4.79 Å². The summed E-state index contributed by atoms with van der Waals surface area (Å²) in [6.07, 6.45) is 2.33. The summed E-state index contributed by atoms with van der Waals surface area (Å²) in [6, 6.07) is 0.376. The van der Waals surface area contributed by atoms with Crippen LogP contribution in [0.1, 0.15) is 26.7 Å². The van der Waals surface area contributed by atoms with Crippen LogP contribution < -0.4 is 16.0 Å². The number of carbonyl (C=O) groups is 1. The van der Waals surface area contributed by atoms with Gasteiger partial charge in [0, 0.05) is 25.7 Å². The largest absolute Gasteiger partial charge is 0.354 e. The van der Waals surface area contributed by atoms with Gasteiger partial charge in [-0.3, -0.25) is 4.79 Å². The van der Waals surface area contributed by atoms with E-state index in [1.54, 1.807) is 0 Å². The van der Waals surface area contributed by atoms with Crippen molar-refractivity contribution in [3.05, 3.63) is 0 Å². The Labute approximate surface area is 116 Å². The van der Waals surface area contributed by atoms with E-state index in [1.807, 2.05) is 0 Å². The van der Waals surface area contributed by atoms with Crippen LogP contribution in [0.2, 0.25) is 0 Å². The van der Waals surface area contributed by atoms with Crippen LogP contribution in [0.5, 0.6) is 0 Å². The van der Waals surface area contributed by atoms with Crippen LogP contribution in [0.4, 0.5) is 0 Å². The van der Waals surface area contributed by atoms with Crippen molar-refractivity contribution in [3.63, 3.8) is 0 Å². The van der Waals surface area contributed by atoms with E-state index >= 15 is 0 Å². The van der Waals surface area contributed by atoms with E-state index in [0.717, 1.165) is 45.6 Å². The lowest BCUT2D eigenvalue weighted by atomic mass is 9.80. The van der Waals surface area contributed by atoms with Crippen LogP contribution in [0.25, 0.3) is 0 Å². The predicted octanol–water partition coefficient (Wildman–Crippen LogP) is -0.216. The molecule has 5 nitrogen and oxygen atoms in total. The third kappa shape index (κ3) is 4.16. The van der Waals surface area contributed by atoms with Crippen LogP contribution >= 0.6 is 0 Å². The first-order valence-electron chi connectivity index (χ1n) is 7.41. The van der Waals surface area contributed by atoms with E-state index in [-0.39, 0.29) is 17.4 Å². The summed E-state index contributed by atoms with van der Waals surface area (Å²) in [5, 5.41) is 9.76. The normalized spacial score (nSPS) is 31.9. The van der Waals surface area contributed by atoms with E-state index in [1.165, 1.54) is 0 Å². The van der Waals surface area contributed by atoms with Gasteiger partial charge in [-0.05, 0) is 45.3 Å². The molecule has 0 aromatic heterocycles. The first-order valence-corrected chi connectivity index (χ1v) is 7.41. The number of rotatable bonds is 3. The Morgan fingerprint density at radius 3 is 2.58 bits per heavy atom. The molecule has 5 heteroatoms. The molecule has 19 heavy (non-hydrogen) atoms. The zero-order valence-electron chi connectivity index (χ0n) is 12.5. The van der Waals surface area contributed by atoms with Gasteiger partial charge in [0.25, 0.3) is 0 Å². The first kappa shape index (κ1) is 14.8. The average molecular weight is 268 g/mol. The van der Waals surface area contributed by atoms with Crippen molar-refractivity contribution in [2.24, 2.45) is 5.41 Å². The molecule has 2 saturated heterocycles. The van der Waals surface area contributed by atoms with Gasteiger partial charge in [-0.2, -0.15) is 0 Å². The summed E-state index contributed by atoms with van der Waals surface area (Å²) in [6.45, 7) is 9.07. The number of carbonyl (C=O) groups excluding carboxylic acids is 1. The molecular weight excluding hydrogens is 240 g/mol. The SMILES string of the molecule is CC1CNC(C(=O)NCC2(C)CCN(C)CC2)CN1. The molecule has 2 fully saturated rings. The molecule has 110 valence electrons. The van der Waals surface area contributed by atoms with Gasteiger partial charge in [0.05, 0.1) is 6.04 Å². The number of hydrogen-bond acceptors (Lipinski definition) is 4. The molecule has 0 saturated carbocycles. The third-order valence-corrected chi connectivity index (χ3v) is 4.54. The molecule has 1 amide bonds. The average Bonchev–Trinajstić information content (AvgIpc) is 2.41. The Bertz CT molecular complexity index is 305. The molecule has 0 radical (unpaired) electrons. The molecule has 2 rings (SSSR count). The lowest BCUT2D eigenvalue weighted by Crippen LogP contribution is -2.59.